The Kier molecular flexibility index (Phi) is 4.31. The summed E-state index contributed by atoms with van der Waals surface area (Å²) < 4.78 is 49.1. The molecule has 0 bridgehead atoms. The van der Waals surface area contributed by atoms with E-state index in [0.29, 0.717) is 0 Å². The maximum atomic E-state index is 12.6. The van der Waals surface area contributed by atoms with Crippen molar-refractivity contribution in [3.63, 3.8) is 0 Å². The summed E-state index contributed by atoms with van der Waals surface area (Å²) in [6.07, 6.45) is -3.11. The van der Waals surface area contributed by atoms with E-state index in [0.717, 1.165) is 12.3 Å². The van der Waals surface area contributed by atoms with Gasteiger partial charge in [0, 0.05) is 0 Å². The Hall–Kier alpha value is -0.890. The minimum absolute atomic E-state index is 0.0450. The average molecular weight is 335 g/mol. The Morgan fingerprint density at radius 2 is 2.12 bits per heavy atom. The number of alkyl halides is 4. The number of pyridine rings is 1. The van der Waals surface area contributed by atoms with Gasteiger partial charge in [0.15, 0.2) is 0 Å². The molecule has 0 fully saturated rings. The van der Waals surface area contributed by atoms with Crippen LogP contribution in [0.3, 0.4) is 0 Å². The highest BCUT2D eigenvalue weighted by molar-refractivity contribution is 9.10. The normalized spacial score (nSPS) is 11.7. The Morgan fingerprint density at radius 3 is 2.59 bits per heavy atom. The summed E-state index contributed by atoms with van der Waals surface area (Å²) in [5, 5.41) is 1.66. The van der Waals surface area contributed by atoms with Crippen molar-refractivity contribution in [1.82, 2.24) is 4.98 Å². The van der Waals surface area contributed by atoms with Crippen LogP contribution in [0.2, 0.25) is 5.15 Å². The number of rotatable bonds is 3. The van der Waals surface area contributed by atoms with Crippen molar-refractivity contribution in [1.29, 1.82) is 0 Å². The van der Waals surface area contributed by atoms with Crippen molar-refractivity contribution in [3.8, 4) is 0 Å². The molecule has 0 saturated heterocycles. The lowest BCUT2D eigenvalue weighted by Crippen LogP contribution is -2.41. The molecule has 1 amide bonds. The van der Waals surface area contributed by atoms with E-state index in [9.17, 15) is 22.4 Å². The lowest BCUT2D eigenvalue weighted by Gasteiger charge is -2.14. The van der Waals surface area contributed by atoms with E-state index in [-0.39, 0.29) is 15.3 Å². The zero-order valence-electron chi connectivity index (χ0n) is 7.86. The average Bonchev–Trinajstić information content (AvgIpc) is 2.23. The standard InChI is InChI=1S/C8H4BrClF4N2O/c9-4-1-3(2-15-5(4)10)16-7(17)8(13,14)6(11)12/h1-2,6H,(H,16,17). The fourth-order valence-corrected chi connectivity index (χ4v) is 1.26. The van der Waals surface area contributed by atoms with Crippen molar-refractivity contribution >= 4 is 39.1 Å². The molecule has 1 aromatic heterocycles. The molecule has 1 aromatic rings. The minimum Gasteiger partial charge on any atom is -0.319 e. The molecule has 0 unspecified atom stereocenters. The van der Waals surface area contributed by atoms with E-state index in [1.165, 1.54) is 0 Å². The molecule has 0 atom stereocenters. The van der Waals surface area contributed by atoms with E-state index in [4.69, 9.17) is 11.6 Å². The van der Waals surface area contributed by atoms with Crippen LogP contribution in [0.1, 0.15) is 0 Å². The van der Waals surface area contributed by atoms with Crippen LogP contribution in [0.15, 0.2) is 16.7 Å². The minimum atomic E-state index is -4.76. The van der Waals surface area contributed by atoms with E-state index < -0.39 is 18.3 Å². The quantitative estimate of drug-likeness (QED) is 0.680. The number of amides is 1. The highest BCUT2D eigenvalue weighted by Crippen LogP contribution is 2.27. The molecule has 0 spiro atoms. The third-order valence-corrected chi connectivity index (χ3v) is 2.76. The first-order valence-corrected chi connectivity index (χ1v) is 5.20. The lowest BCUT2D eigenvalue weighted by atomic mass is 10.3. The fourth-order valence-electron chi connectivity index (χ4n) is 0.803. The van der Waals surface area contributed by atoms with Crippen LogP contribution in [-0.4, -0.2) is 23.2 Å². The van der Waals surface area contributed by atoms with Gasteiger partial charge in [-0.3, -0.25) is 4.79 Å². The summed E-state index contributed by atoms with van der Waals surface area (Å²) in [7, 11) is 0. The first kappa shape index (κ1) is 14.2. The smallest absolute Gasteiger partial charge is 0.319 e. The molecule has 1 rings (SSSR count). The maximum Gasteiger partial charge on any atom is 0.383 e. The van der Waals surface area contributed by atoms with Gasteiger partial charge in [0.05, 0.1) is 16.4 Å². The monoisotopic (exact) mass is 334 g/mol. The number of hydrogen-bond acceptors (Lipinski definition) is 2. The number of hydrogen-bond donors (Lipinski definition) is 1. The Morgan fingerprint density at radius 1 is 1.53 bits per heavy atom. The van der Waals surface area contributed by atoms with Gasteiger partial charge in [-0.2, -0.15) is 8.78 Å². The van der Waals surface area contributed by atoms with Crippen LogP contribution in [0.5, 0.6) is 0 Å². The van der Waals surface area contributed by atoms with E-state index in [1.54, 1.807) is 5.32 Å². The van der Waals surface area contributed by atoms with Gasteiger partial charge < -0.3 is 5.32 Å². The number of halogens is 6. The summed E-state index contributed by atoms with van der Waals surface area (Å²) in [6, 6.07) is 1.16. The van der Waals surface area contributed by atoms with E-state index in [2.05, 4.69) is 20.9 Å². The van der Waals surface area contributed by atoms with Crippen molar-refractivity contribution in [2.45, 2.75) is 12.3 Å². The molecule has 3 nitrogen and oxygen atoms in total. The second-order valence-electron chi connectivity index (χ2n) is 2.87. The van der Waals surface area contributed by atoms with Gasteiger partial charge >= 0.3 is 18.3 Å². The molecule has 0 radical (unpaired) electrons. The number of carbonyl (C=O) groups is 1. The second-order valence-corrected chi connectivity index (χ2v) is 4.09. The predicted molar refractivity (Wildman–Crippen MR) is 56.5 cm³/mol. The Labute approximate surface area is 106 Å². The summed E-state index contributed by atoms with van der Waals surface area (Å²) >= 11 is 8.45. The molecule has 0 saturated carbocycles. The molecule has 0 aliphatic rings. The van der Waals surface area contributed by atoms with Crippen LogP contribution in [0, 0.1) is 0 Å². The third-order valence-electron chi connectivity index (χ3n) is 1.63. The molecular weight excluding hydrogens is 331 g/mol. The summed E-state index contributed by atoms with van der Waals surface area (Å²) in [5.74, 6) is -6.87. The lowest BCUT2D eigenvalue weighted by molar-refractivity contribution is -0.163. The van der Waals surface area contributed by atoms with Crippen LogP contribution >= 0.6 is 27.5 Å². The molecule has 9 heteroatoms. The predicted octanol–water partition coefficient (Wildman–Crippen LogP) is 3.34. The molecule has 1 heterocycles. The van der Waals surface area contributed by atoms with Crippen molar-refractivity contribution in [2.24, 2.45) is 0 Å². The van der Waals surface area contributed by atoms with Gasteiger partial charge in [0.25, 0.3) is 0 Å². The molecule has 0 aromatic carbocycles. The van der Waals surface area contributed by atoms with Crippen LogP contribution in [-0.2, 0) is 4.79 Å². The topological polar surface area (TPSA) is 42.0 Å². The van der Waals surface area contributed by atoms with Gasteiger partial charge in [-0.15, -0.1) is 0 Å². The Balaban J connectivity index is 2.85. The number of nitrogens with zero attached hydrogens (tertiary/aromatic N) is 1. The van der Waals surface area contributed by atoms with Gasteiger partial charge in [-0.05, 0) is 22.0 Å². The first-order valence-electron chi connectivity index (χ1n) is 4.03. The second kappa shape index (κ2) is 5.18. The SMILES string of the molecule is O=C(Nc1cnc(Cl)c(Br)c1)C(F)(F)C(F)F. The molecular formula is C8H4BrClF4N2O. The van der Waals surface area contributed by atoms with Crippen molar-refractivity contribution < 1.29 is 22.4 Å². The zero-order valence-corrected chi connectivity index (χ0v) is 10.2. The molecule has 1 N–H and O–H groups in total. The molecule has 0 aliphatic heterocycles. The van der Waals surface area contributed by atoms with Crippen LogP contribution < -0.4 is 5.32 Å². The maximum absolute atomic E-state index is 12.6. The zero-order chi connectivity index (χ0) is 13.2. The first-order chi connectivity index (χ1) is 7.75. The van der Waals surface area contributed by atoms with Crippen LogP contribution in [0.25, 0.3) is 0 Å². The highest BCUT2D eigenvalue weighted by Gasteiger charge is 2.48. The number of carbonyl (C=O) groups excluding carboxylic acids is 1. The fraction of sp³-hybridized carbons (Fsp3) is 0.250. The summed E-state index contributed by atoms with van der Waals surface area (Å²) in [6.45, 7) is 0. The highest BCUT2D eigenvalue weighted by atomic mass is 79.9. The number of nitrogens with one attached hydrogen (secondary N) is 1. The van der Waals surface area contributed by atoms with Gasteiger partial charge in [0.1, 0.15) is 5.15 Å². The summed E-state index contributed by atoms with van der Waals surface area (Å²) in [4.78, 5) is 14.4. The third kappa shape index (κ3) is 3.29. The van der Waals surface area contributed by atoms with Crippen molar-refractivity contribution in [3.05, 3.63) is 21.9 Å². The number of anilines is 1. The molecule has 0 aliphatic carbocycles. The van der Waals surface area contributed by atoms with E-state index >= 15 is 0 Å². The van der Waals surface area contributed by atoms with Gasteiger partial charge in [-0.25, -0.2) is 13.8 Å². The Bertz CT molecular complexity index is 444. The molecule has 94 valence electrons. The van der Waals surface area contributed by atoms with Gasteiger partial charge in [-0.1, -0.05) is 11.6 Å². The van der Waals surface area contributed by atoms with Crippen LogP contribution in [0.4, 0.5) is 23.2 Å². The largest absolute Gasteiger partial charge is 0.383 e. The van der Waals surface area contributed by atoms with Gasteiger partial charge in [0.2, 0.25) is 0 Å². The number of aromatic nitrogens is 1. The van der Waals surface area contributed by atoms with E-state index in [1.807, 2.05) is 0 Å². The molecule has 17 heavy (non-hydrogen) atoms. The van der Waals surface area contributed by atoms with Crippen molar-refractivity contribution in [2.75, 3.05) is 5.32 Å². The summed E-state index contributed by atoms with van der Waals surface area (Å²) in [5.41, 5.74) is -0.174.